The highest BCUT2D eigenvalue weighted by molar-refractivity contribution is 5.90. The van der Waals surface area contributed by atoms with E-state index in [9.17, 15) is 4.79 Å². The number of hydrogen-bond donors (Lipinski definition) is 3. The molecule has 112 valence electrons. The summed E-state index contributed by atoms with van der Waals surface area (Å²) in [6.45, 7) is 4.45. The lowest BCUT2D eigenvalue weighted by atomic mass is 10.1. The van der Waals surface area contributed by atoms with Crippen molar-refractivity contribution in [3.05, 3.63) is 42.5 Å². The second-order valence-corrected chi connectivity index (χ2v) is 5.10. The summed E-state index contributed by atoms with van der Waals surface area (Å²) in [7, 11) is 0. The third-order valence-electron chi connectivity index (χ3n) is 3.36. The van der Waals surface area contributed by atoms with Gasteiger partial charge in [0.15, 0.2) is 0 Å². The molecule has 5 nitrogen and oxygen atoms in total. The summed E-state index contributed by atoms with van der Waals surface area (Å²) in [5.41, 5.74) is 4.98. The molecule has 22 heavy (non-hydrogen) atoms. The van der Waals surface area contributed by atoms with Crippen molar-refractivity contribution in [1.82, 2.24) is 9.97 Å². The topological polar surface area (TPSA) is 69.8 Å². The normalized spacial score (nSPS) is 10.6. The first-order valence-corrected chi connectivity index (χ1v) is 7.27. The molecule has 0 aliphatic carbocycles. The van der Waals surface area contributed by atoms with Crippen LogP contribution < -0.4 is 10.6 Å². The van der Waals surface area contributed by atoms with Gasteiger partial charge in [-0.05, 0) is 42.8 Å². The average molecular weight is 294 g/mol. The Hall–Kier alpha value is -2.82. The summed E-state index contributed by atoms with van der Waals surface area (Å²) >= 11 is 0. The molecule has 3 aromatic rings. The predicted octanol–water partition coefficient (Wildman–Crippen LogP) is 3.62. The summed E-state index contributed by atoms with van der Waals surface area (Å²) in [6.07, 6.45) is 0. The third kappa shape index (κ3) is 2.93. The van der Waals surface area contributed by atoms with Crippen molar-refractivity contribution in [2.45, 2.75) is 13.8 Å². The second-order valence-electron chi connectivity index (χ2n) is 5.10. The number of H-pyrrole nitrogens is 1. The fraction of sp³-hybridized carbons (Fsp3) is 0.176. The van der Waals surface area contributed by atoms with Crippen molar-refractivity contribution in [3.63, 3.8) is 0 Å². The van der Waals surface area contributed by atoms with Gasteiger partial charge in [-0.25, -0.2) is 4.98 Å². The van der Waals surface area contributed by atoms with E-state index in [2.05, 4.69) is 51.8 Å². The van der Waals surface area contributed by atoms with E-state index in [1.165, 1.54) is 6.92 Å². The quantitative estimate of drug-likeness (QED) is 0.688. The van der Waals surface area contributed by atoms with Crippen molar-refractivity contribution in [1.29, 1.82) is 0 Å². The number of benzene rings is 1. The van der Waals surface area contributed by atoms with Crippen LogP contribution in [-0.4, -0.2) is 22.4 Å². The molecule has 0 saturated carbocycles. The number of nitrogens with zero attached hydrogens (tertiary/aromatic N) is 1. The number of nitrogens with one attached hydrogen (secondary N) is 3. The van der Waals surface area contributed by atoms with E-state index in [4.69, 9.17) is 0 Å². The molecule has 2 heterocycles. The maximum atomic E-state index is 11.1. The minimum absolute atomic E-state index is 0.123. The zero-order valence-corrected chi connectivity index (χ0v) is 12.6. The van der Waals surface area contributed by atoms with Gasteiger partial charge in [0.1, 0.15) is 5.82 Å². The Morgan fingerprint density at radius 3 is 2.64 bits per heavy atom. The first-order chi connectivity index (χ1) is 10.7. The number of pyridine rings is 1. The lowest BCUT2D eigenvalue weighted by Gasteiger charge is -2.03. The molecule has 0 atom stereocenters. The van der Waals surface area contributed by atoms with Crippen LogP contribution in [0.2, 0.25) is 0 Å². The van der Waals surface area contributed by atoms with Crippen molar-refractivity contribution in [3.8, 4) is 11.3 Å². The molecule has 0 spiro atoms. The Kier molecular flexibility index (Phi) is 3.78. The van der Waals surface area contributed by atoms with E-state index >= 15 is 0 Å². The molecule has 0 aliphatic heterocycles. The van der Waals surface area contributed by atoms with Crippen molar-refractivity contribution < 1.29 is 4.79 Å². The summed E-state index contributed by atoms with van der Waals surface area (Å²) in [6, 6.07) is 13.9. The first kappa shape index (κ1) is 14.1. The SMILES string of the molecule is CCNc1ccc(-c2cc3nc(NC(C)=O)ccc3[nH]2)cc1. The smallest absolute Gasteiger partial charge is 0.222 e. The zero-order valence-electron chi connectivity index (χ0n) is 12.6. The van der Waals surface area contributed by atoms with Gasteiger partial charge >= 0.3 is 0 Å². The predicted molar refractivity (Wildman–Crippen MR) is 90.0 cm³/mol. The number of aromatic nitrogens is 2. The van der Waals surface area contributed by atoms with Gasteiger partial charge in [0, 0.05) is 24.8 Å². The Labute approximate surface area is 128 Å². The fourth-order valence-corrected chi connectivity index (χ4v) is 2.39. The van der Waals surface area contributed by atoms with E-state index in [-0.39, 0.29) is 5.91 Å². The van der Waals surface area contributed by atoms with E-state index in [0.29, 0.717) is 5.82 Å². The highest BCUT2D eigenvalue weighted by atomic mass is 16.1. The summed E-state index contributed by atoms with van der Waals surface area (Å²) in [5.74, 6) is 0.440. The van der Waals surface area contributed by atoms with Gasteiger partial charge in [-0.15, -0.1) is 0 Å². The molecular weight excluding hydrogens is 276 g/mol. The average Bonchev–Trinajstić information content (AvgIpc) is 2.91. The molecule has 0 saturated heterocycles. The Balaban J connectivity index is 1.92. The molecule has 2 aromatic heterocycles. The molecule has 1 aromatic carbocycles. The number of aromatic amines is 1. The molecular formula is C17H18N4O. The number of carbonyl (C=O) groups is 1. The van der Waals surface area contributed by atoms with Crippen LogP contribution >= 0.6 is 0 Å². The van der Waals surface area contributed by atoms with Crippen molar-refractivity contribution >= 4 is 28.4 Å². The maximum absolute atomic E-state index is 11.1. The summed E-state index contributed by atoms with van der Waals surface area (Å²) in [5, 5.41) is 5.97. The Morgan fingerprint density at radius 1 is 1.18 bits per heavy atom. The number of carbonyl (C=O) groups excluding carboxylic acids is 1. The van der Waals surface area contributed by atoms with E-state index in [1.807, 2.05) is 12.1 Å². The van der Waals surface area contributed by atoms with Crippen molar-refractivity contribution in [2.75, 3.05) is 17.2 Å². The van der Waals surface area contributed by atoms with Crippen LogP contribution in [0.5, 0.6) is 0 Å². The van der Waals surface area contributed by atoms with Gasteiger partial charge in [0.25, 0.3) is 0 Å². The molecule has 0 fully saturated rings. The van der Waals surface area contributed by atoms with Crippen LogP contribution in [0.4, 0.5) is 11.5 Å². The standard InChI is InChI=1S/C17H18N4O/c1-3-18-13-6-4-12(5-7-13)15-10-16-14(20-15)8-9-17(21-16)19-11(2)22/h4-10,18,20H,3H2,1-2H3,(H,19,21,22). The van der Waals surface area contributed by atoms with Crippen LogP contribution in [0.3, 0.4) is 0 Å². The number of hydrogen-bond acceptors (Lipinski definition) is 3. The molecule has 3 N–H and O–H groups in total. The van der Waals surface area contributed by atoms with Crippen LogP contribution in [-0.2, 0) is 4.79 Å². The van der Waals surface area contributed by atoms with E-state index < -0.39 is 0 Å². The lowest BCUT2D eigenvalue weighted by molar-refractivity contribution is -0.114. The summed E-state index contributed by atoms with van der Waals surface area (Å²) in [4.78, 5) is 18.9. The fourth-order valence-electron chi connectivity index (χ4n) is 2.39. The molecule has 0 unspecified atom stereocenters. The number of amides is 1. The van der Waals surface area contributed by atoms with Crippen molar-refractivity contribution in [2.24, 2.45) is 0 Å². The molecule has 0 aliphatic rings. The molecule has 5 heteroatoms. The van der Waals surface area contributed by atoms with Gasteiger partial charge in [0.05, 0.1) is 11.0 Å². The Bertz CT molecular complexity index is 805. The highest BCUT2D eigenvalue weighted by Crippen LogP contribution is 2.25. The third-order valence-corrected chi connectivity index (χ3v) is 3.36. The molecule has 1 amide bonds. The highest BCUT2D eigenvalue weighted by Gasteiger charge is 2.06. The van der Waals surface area contributed by atoms with Crippen LogP contribution in [0.15, 0.2) is 42.5 Å². The largest absolute Gasteiger partial charge is 0.385 e. The van der Waals surface area contributed by atoms with Crippen LogP contribution in [0, 0.1) is 0 Å². The van der Waals surface area contributed by atoms with Gasteiger partial charge in [-0.3, -0.25) is 4.79 Å². The van der Waals surface area contributed by atoms with E-state index in [1.54, 1.807) is 6.07 Å². The molecule has 3 rings (SSSR count). The monoisotopic (exact) mass is 294 g/mol. The Morgan fingerprint density at radius 2 is 1.95 bits per heavy atom. The minimum atomic E-state index is -0.123. The summed E-state index contributed by atoms with van der Waals surface area (Å²) < 4.78 is 0. The van der Waals surface area contributed by atoms with Gasteiger partial charge in [-0.2, -0.15) is 0 Å². The van der Waals surface area contributed by atoms with Crippen LogP contribution in [0.1, 0.15) is 13.8 Å². The molecule has 0 radical (unpaired) electrons. The van der Waals surface area contributed by atoms with Gasteiger partial charge in [-0.1, -0.05) is 12.1 Å². The number of rotatable bonds is 4. The first-order valence-electron chi connectivity index (χ1n) is 7.27. The second kappa shape index (κ2) is 5.89. The number of anilines is 2. The van der Waals surface area contributed by atoms with E-state index in [0.717, 1.165) is 34.5 Å². The number of fused-ring (bicyclic) bond motifs is 1. The lowest BCUT2D eigenvalue weighted by Crippen LogP contribution is -2.06. The van der Waals surface area contributed by atoms with Gasteiger partial charge < -0.3 is 15.6 Å². The minimum Gasteiger partial charge on any atom is -0.385 e. The van der Waals surface area contributed by atoms with Crippen LogP contribution in [0.25, 0.3) is 22.3 Å². The maximum Gasteiger partial charge on any atom is 0.222 e. The van der Waals surface area contributed by atoms with Gasteiger partial charge in [0.2, 0.25) is 5.91 Å². The molecule has 0 bridgehead atoms. The zero-order chi connectivity index (χ0) is 15.5.